The van der Waals surface area contributed by atoms with Gasteiger partial charge in [-0.25, -0.2) is 13.6 Å². The van der Waals surface area contributed by atoms with Gasteiger partial charge in [-0.1, -0.05) is 13.8 Å². The van der Waals surface area contributed by atoms with Gasteiger partial charge in [-0.3, -0.25) is 0 Å². The van der Waals surface area contributed by atoms with Crippen LogP contribution in [0.25, 0.3) is 0 Å². The lowest BCUT2D eigenvalue weighted by Crippen LogP contribution is -2.51. The number of hydrogen-bond acceptors (Lipinski definition) is 2. The van der Waals surface area contributed by atoms with Gasteiger partial charge in [0.25, 0.3) is 0 Å². The van der Waals surface area contributed by atoms with Crippen LogP contribution in [-0.4, -0.2) is 30.2 Å². The van der Waals surface area contributed by atoms with Crippen LogP contribution in [-0.2, 0) is 9.53 Å². The Morgan fingerprint density at radius 1 is 1.53 bits per heavy atom. The van der Waals surface area contributed by atoms with Gasteiger partial charge in [-0.2, -0.15) is 0 Å². The molecule has 1 aliphatic carbocycles. The molecule has 0 spiro atoms. The molecule has 0 amide bonds. The fourth-order valence-electron chi connectivity index (χ4n) is 2.12. The summed E-state index contributed by atoms with van der Waals surface area (Å²) in [6.07, 6.45) is -1.51. The summed E-state index contributed by atoms with van der Waals surface area (Å²) in [5.41, 5.74) is -0.762. The first-order valence-electron chi connectivity index (χ1n) is 4.84. The van der Waals surface area contributed by atoms with Crippen LogP contribution in [0, 0.1) is 11.3 Å². The lowest BCUT2D eigenvalue weighted by atomic mass is 9.63. The molecule has 1 aliphatic rings. The average molecular weight is 222 g/mol. The Hall–Kier alpha value is -0.710. The Bertz CT molecular complexity index is 255. The standard InChI is InChI=1S/C10H16F2O3/c1-9(2,7(15-3)8(13)14)6-4-10(11,12)5-6/h6-7H,4-5H2,1-3H3,(H,13,14). The summed E-state index contributed by atoms with van der Waals surface area (Å²) < 4.78 is 30.3. The van der Waals surface area contributed by atoms with E-state index in [9.17, 15) is 13.6 Å². The van der Waals surface area contributed by atoms with Crippen molar-refractivity contribution in [2.45, 2.75) is 38.7 Å². The molecule has 0 aromatic rings. The van der Waals surface area contributed by atoms with E-state index in [1.54, 1.807) is 13.8 Å². The quantitative estimate of drug-likeness (QED) is 0.792. The van der Waals surface area contributed by atoms with Gasteiger partial charge in [-0.05, 0) is 5.92 Å². The van der Waals surface area contributed by atoms with Crippen LogP contribution in [0.1, 0.15) is 26.7 Å². The smallest absolute Gasteiger partial charge is 0.333 e. The number of carboxylic acid groups (broad SMARTS) is 1. The first-order valence-corrected chi connectivity index (χ1v) is 4.84. The molecule has 15 heavy (non-hydrogen) atoms. The van der Waals surface area contributed by atoms with Crippen molar-refractivity contribution in [3.63, 3.8) is 0 Å². The van der Waals surface area contributed by atoms with Gasteiger partial charge in [0.2, 0.25) is 5.92 Å². The zero-order chi connectivity index (χ0) is 11.9. The molecule has 1 N–H and O–H groups in total. The van der Waals surface area contributed by atoms with E-state index in [-0.39, 0.29) is 18.8 Å². The minimum Gasteiger partial charge on any atom is -0.479 e. The van der Waals surface area contributed by atoms with E-state index in [4.69, 9.17) is 9.84 Å². The van der Waals surface area contributed by atoms with Crippen LogP contribution < -0.4 is 0 Å². The Morgan fingerprint density at radius 2 is 2.00 bits per heavy atom. The molecular formula is C10H16F2O3. The van der Waals surface area contributed by atoms with Crippen LogP contribution in [0.4, 0.5) is 8.78 Å². The molecule has 0 radical (unpaired) electrons. The van der Waals surface area contributed by atoms with Crippen LogP contribution in [0.2, 0.25) is 0 Å². The number of carbonyl (C=O) groups is 1. The van der Waals surface area contributed by atoms with Gasteiger partial charge in [0.15, 0.2) is 6.10 Å². The van der Waals surface area contributed by atoms with Gasteiger partial charge in [-0.15, -0.1) is 0 Å². The van der Waals surface area contributed by atoms with Crippen molar-refractivity contribution >= 4 is 5.97 Å². The van der Waals surface area contributed by atoms with Crippen molar-refractivity contribution in [3.05, 3.63) is 0 Å². The highest BCUT2D eigenvalue weighted by molar-refractivity contribution is 5.73. The Kier molecular flexibility index (Phi) is 3.05. The minimum absolute atomic E-state index is 0.243. The Labute approximate surface area is 87.4 Å². The van der Waals surface area contributed by atoms with Gasteiger partial charge in [0.05, 0.1) is 0 Å². The number of aliphatic carboxylic acids is 1. The SMILES string of the molecule is COC(C(=O)O)C(C)(C)C1CC(F)(F)C1. The number of carboxylic acids is 1. The summed E-state index contributed by atoms with van der Waals surface area (Å²) in [5.74, 6) is -4.02. The number of methoxy groups -OCH3 is 1. The number of alkyl halides is 2. The topological polar surface area (TPSA) is 46.5 Å². The van der Waals surface area contributed by atoms with Crippen molar-refractivity contribution in [2.75, 3.05) is 7.11 Å². The predicted octanol–water partition coefficient (Wildman–Crippen LogP) is 2.16. The minimum atomic E-state index is -2.63. The molecule has 0 saturated heterocycles. The second kappa shape index (κ2) is 3.70. The third-order valence-corrected chi connectivity index (χ3v) is 3.28. The molecule has 1 unspecified atom stereocenters. The van der Waals surface area contributed by atoms with Crippen LogP contribution in [0.15, 0.2) is 0 Å². The first-order chi connectivity index (χ1) is 6.70. The van der Waals surface area contributed by atoms with E-state index in [1.807, 2.05) is 0 Å². The zero-order valence-electron chi connectivity index (χ0n) is 9.09. The molecule has 0 bridgehead atoms. The third-order valence-electron chi connectivity index (χ3n) is 3.28. The molecule has 1 rings (SSSR count). The molecule has 0 aliphatic heterocycles. The molecule has 88 valence electrons. The second-order valence-corrected chi connectivity index (χ2v) is 4.74. The summed E-state index contributed by atoms with van der Waals surface area (Å²) in [4.78, 5) is 10.9. The average Bonchev–Trinajstić information content (AvgIpc) is 1.99. The number of halogens is 2. The largest absolute Gasteiger partial charge is 0.479 e. The van der Waals surface area contributed by atoms with E-state index < -0.39 is 23.4 Å². The summed E-state index contributed by atoms with van der Waals surface area (Å²) >= 11 is 0. The molecule has 3 nitrogen and oxygen atoms in total. The van der Waals surface area contributed by atoms with E-state index in [0.29, 0.717) is 0 Å². The van der Waals surface area contributed by atoms with Crippen molar-refractivity contribution in [2.24, 2.45) is 11.3 Å². The molecule has 5 heteroatoms. The van der Waals surface area contributed by atoms with E-state index in [1.165, 1.54) is 7.11 Å². The summed E-state index contributed by atoms with van der Waals surface area (Å²) in [5, 5.41) is 8.89. The predicted molar refractivity (Wildman–Crippen MR) is 49.9 cm³/mol. The van der Waals surface area contributed by atoms with Gasteiger partial charge >= 0.3 is 5.97 Å². The maximum atomic E-state index is 12.7. The maximum Gasteiger partial charge on any atom is 0.333 e. The molecule has 1 fully saturated rings. The maximum absolute atomic E-state index is 12.7. The molecule has 0 aromatic carbocycles. The van der Waals surface area contributed by atoms with E-state index >= 15 is 0 Å². The summed E-state index contributed by atoms with van der Waals surface area (Å²) in [6.45, 7) is 3.32. The fraction of sp³-hybridized carbons (Fsp3) is 0.900. The lowest BCUT2D eigenvalue weighted by molar-refractivity contribution is -0.184. The van der Waals surface area contributed by atoms with Crippen LogP contribution in [0.3, 0.4) is 0 Å². The fourth-order valence-corrected chi connectivity index (χ4v) is 2.12. The van der Waals surface area contributed by atoms with Crippen LogP contribution in [0.5, 0.6) is 0 Å². The van der Waals surface area contributed by atoms with Gasteiger partial charge < -0.3 is 9.84 Å². The normalized spacial score (nSPS) is 23.3. The molecule has 1 saturated carbocycles. The number of hydrogen-bond donors (Lipinski definition) is 1. The third kappa shape index (κ3) is 2.27. The number of ether oxygens (including phenoxy) is 1. The zero-order valence-corrected chi connectivity index (χ0v) is 9.09. The van der Waals surface area contributed by atoms with Crippen molar-refractivity contribution in [3.8, 4) is 0 Å². The Balaban J connectivity index is 2.70. The monoisotopic (exact) mass is 222 g/mol. The van der Waals surface area contributed by atoms with Crippen molar-refractivity contribution < 1.29 is 23.4 Å². The first kappa shape index (κ1) is 12.4. The van der Waals surface area contributed by atoms with E-state index in [0.717, 1.165) is 0 Å². The van der Waals surface area contributed by atoms with Gasteiger partial charge in [0.1, 0.15) is 0 Å². The van der Waals surface area contributed by atoms with Crippen molar-refractivity contribution in [1.82, 2.24) is 0 Å². The summed E-state index contributed by atoms with van der Waals surface area (Å²) in [7, 11) is 1.29. The Morgan fingerprint density at radius 3 is 2.27 bits per heavy atom. The van der Waals surface area contributed by atoms with Gasteiger partial charge in [0, 0.05) is 25.4 Å². The van der Waals surface area contributed by atoms with E-state index in [2.05, 4.69) is 0 Å². The highest BCUT2D eigenvalue weighted by Crippen LogP contribution is 2.52. The number of rotatable bonds is 4. The highest BCUT2D eigenvalue weighted by Gasteiger charge is 2.55. The molecular weight excluding hydrogens is 206 g/mol. The molecule has 1 atom stereocenters. The molecule has 0 aromatic heterocycles. The lowest BCUT2D eigenvalue weighted by Gasteiger charge is -2.46. The van der Waals surface area contributed by atoms with Crippen LogP contribution >= 0.6 is 0 Å². The van der Waals surface area contributed by atoms with Crippen molar-refractivity contribution in [1.29, 1.82) is 0 Å². The summed E-state index contributed by atoms with van der Waals surface area (Å²) in [6, 6.07) is 0. The highest BCUT2D eigenvalue weighted by atomic mass is 19.3. The second-order valence-electron chi connectivity index (χ2n) is 4.74. The molecule has 0 heterocycles.